The summed E-state index contributed by atoms with van der Waals surface area (Å²) >= 11 is 5.59. The van der Waals surface area contributed by atoms with E-state index in [2.05, 4.69) is 9.71 Å². The van der Waals surface area contributed by atoms with Gasteiger partial charge in [0.05, 0.1) is 0 Å². The van der Waals surface area contributed by atoms with Crippen LogP contribution in [0, 0.1) is 5.92 Å². The lowest BCUT2D eigenvalue weighted by Crippen LogP contribution is -2.25. The Labute approximate surface area is 112 Å². The quantitative estimate of drug-likeness (QED) is 0.588. The maximum atomic E-state index is 11.8. The second-order valence-corrected chi connectivity index (χ2v) is 6.30. The van der Waals surface area contributed by atoms with E-state index in [-0.39, 0.29) is 22.6 Å². The highest BCUT2D eigenvalue weighted by molar-refractivity contribution is 7.89. The van der Waals surface area contributed by atoms with Gasteiger partial charge in [0.1, 0.15) is 10.0 Å². The van der Waals surface area contributed by atoms with E-state index < -0.39 is 10.0 Å². The van der Waals surface area contributed by atoms with Crippen LogP contribution >= 0.6 is 11.6 Å². The number of aliphatic hydroxyl groups excluding tert-OH is 1. The molecule has 1 unspecified atom stereocenters. The number of aliphatic hydroxyl groups is 1. The normalized spacial score (nSPS) is 13.5. The molecular weight excluding hydrogens is 276 g/mol. The Kier molecular flexibility index (Phi) is 6.01. The van der Waals surface area contributed by atoms with Gasteiger partial charge in [0.25, 0.3) is 0 Å². The van der Waals surface area contributed by atoms with Crippen molar-refractivity contribution in [2.45, 2.75) is 24.7 Å². The fourth-order valence-electron chi connectivity index (χ4n) is 1.35. The van der Waals surface area contributed by atoms with E-state index in [4.69, 9.17) is 16.7 Å². The van der Waals surface area contributed by atoms with Crippen LogP contribution in [0.2, 0.25) is 5.15 Å². The lowest BCUT2D eigenvalue weighted by molar-refractivity contribution is 0.228. The summed E-state index contributed by atoms with van der Waals surface area (Å²) in [5, 5.41) is 9.09. The smallest absolute Gasteiger partial charge is 0.242 e. The van der Waals surface area contributed by atoms with Crippen molar-refractivity contribution in [2.24, 2.45) is 5.92 Å². The molecule has 1 atom stereocenters. The van der Waals surface area contributed by atoms with Crippen LogP contribution in [0.4, 0.5) is 0 Å². The summed E-state index contributed by atoms with van der Waals surface area (Å²) in [6, 6.07) is 2.85. The molecule has 0 bridgehead atoms. The average Bonchev–Trinajstić information content (AvgIpc) is 2.35. The number of hydrogen-bond acceptors (Lipinski definition) is 4. The molecule has 1 aromatic rings. The molecule has 0 amide bonds. The molecule has 0 aromatic carbocycles. The van der Waals surface area contributed by atoms with Gasteiger partial charge in [-0.25, -0.2) is 18.1 Å². The lowest BCUT2D eigenvalue weighted by Gasteiger charge is -2.09. The van der Waals surface area contributed by atoms with Gasteiger partial charge in [0.15, 0.2) is 0 Å². The van der Waals surface area contributed by atoms with E-state index in [0.717, 1.165) is 6.42 Å². The Hall–Kier alpha value is -0.690. The minimum Gasteiger partial charge on any atom is -0.396 e. The molecule has 102 valence electrons. The molecule has 0 fully saturated rings. The molecular formula is C11H17ClN2O3S. The highest BCUT2D eigenvalue weighted by Gasteiger charge is 2.13. The SMILES string of the molecule is CC(CO)CCCNS(=O)(=O)c1ccc(Cl)nc1. The molecule has 2 N–H and O–H groups in total. The lowest BCUT2D eigenvalue weighted by atomic mass is 10.1. The van der Waals surface area contributed by atoms with Crippen LogP contribution in [-0.2, 0) is 10.0 Å². The van der Waals surface area contributed by atoms with Crippen LogP contribution in [-0.4, -0.2) is 31.7 Å². The highest BCUT2D eigenvalue weighted by atomic mass is 35.5. The molecule has 0 aliphatic carbocycles. The molecule has 5 nitrogen and oxygen atoms in total. The number of nitrogens with zero attached hydrogens (tertiary/aromatic N) is 1. The predicted molar refractivity (Wildman–Crippen MR) is 69.9 cm³/mol. The van der Waals surface area contributed by atoms with Crippen molar-refractivity contribution in [1.82, 2.24) is 9.71 Å². The van der Waals surface area contributed by atoms with Gasteiger partial charge in [0.2, 0.25) is 10.0 Å². The summed E-state index contributed by atoms with van der Waals surface area (Å²) in [5.41, 5.74) is 0. The Morgan fingerprint density at radius 2 is 2.22 bits per heavy atom. The number of hydrogen-bond donors (Lipinski definition) is 2. The molecule has 0 saturated carbocycles. The second kappa shape index (κ2) is 7.04. The van der Waals surface area contributed by atoms with E-state index in [0.29, 0.717) is 13.0 Å². The second-order valence-electron chi connectivity index (χ2n) is 4.14. The minimum absolute atomic E-state index is 0.0992. The third-order valence-electron chi connectivity index (χ3n) is 2.49. The van der Waals surface area contributed by atoms with Gasteiger partial charge in [-0.2, -0.15) is 0 Å². The van der Waals surface area contributed by atoms with Crippen molar-refractivity contribution in [3.63, 3.8) is 0 Å². The van der Waals surface area contributed by atoms with Crippen LogP contribution in [0.15, 0.2) is 23.2 Å². The van der Waals surface area contributed by atoms with E-state index in [1.807, 2.05) is 6.92 Å². The first kappa shape index (κ1) is 15.4. The number of nitrogens with one attached hydrogen (secondary N) is 1. The fraction of sp³-hybridized carbons (Fsp3) is 0.545. The van der Waals surface area contributed by atoms with Crippen LogP contribution in [0.5, 0.6) is 0 Å². The molecule has 0 radical (unpaired) electrons. The maximum Gasteiger partial charge on any atom is 0.242 e. The van der Waals surface area contributed by atoms with Crippen molar-refractivity contribution < 1.29 is 13.5 Å². The first-order valence-corrected chi connectivity index (χ1v) is 7.54. The summed E-state index contributed by atoms with van der Waals surface area (Å²) in [6.45, 7) is 2.38. The summed E-state index contributed by atoms with van der Waals surface area (Å²) in [7, 11) is -3.52. The number of aromatic nitrogens is 1. The summed E-state index contributed by atoms with van der Waals surface area (Å²) in [4.78, 5) is 3.83. The van der Waals surface area contributed by atoms with E-state index in [1.54, 1.807) is 0 Å². The van der Waals surface area contributed by atoms with Crippen molar-refractivity contribution in [3.05, 3.63) is 23.5 Å². The Balaban J connectivity index is 2.48. The van der Waals surface area contributed by atoms with Crippen molar-refractivity contribution >= 4 is 21.6 Å². The Morgan fingerprint density at radius 3 is 2.78 bits per heavy atom. The van der Waals surface area contributed by atoms with E-state index >= 15 is 0 Å². The molecule has 1 rings (SSSR count). The number of pyridine rings is 1. The highest BCUT2D eigenvalue weighted by Crippen LogP contribution is 2.11. The zero-order chi connectivity index (χ0) is 13.6. The van der Waals surface area contributed by atoms with Crippen LogP contribution < -0.4 is 4.72 Å². The molecule has 18 heavy (non-hydrogen) atoms. The Morgan fingerprint density at radius 1 is 1.50 bits per heavy atom. The first-order valence-electron chi connectivity index (χ1n) is 5.68. The van der Waals surface area contributed by atoms with Crippen LogP contribution in [0.25, 0.3) is 0 Å². The summed E-state index contributed by atoms with van der Waals surface area (Å²) in [5.74, 6) is 0.187. The number of rotatable bonds is 7. The van der Waals surface area contributed by atoms with Gasteiger partial charge >= 0.3 is 0 Å². The molecule has 0 spiro atoms. The first-order chi connectivity index (χ1) is 8.45. The molecule has 1 heterocycles. The zero-order valence-electron chi connectivity index (χ0n) is 10.1. The molecule has 0 aliphatic rings. The Bertz CT molecular complexity index is 462. The average molecular weight is 293 g/mol. The van der Waals surface area contributed by atoms with Gasteiger partial charge in [-0.05, 0) is 30.9 Å². The molecule has 7 heteroatoms. The van der Waals surface area contributed by atoms with Crippen molar-refractivity contribution in [3.8, 4) is 0 Å². The molecule has 0 aliphatic heterocycles. The zero-order valence-corrected chi connectivity index (χ0v) is 11.7. The molecule has 0 saturated heterocycles. The number of sulfonamides is 1. The van der Waals surface area contributed by atoms with E-state index in [1.165, 1.54) is 18.3 Å². The van der Waals surface area contributed by atoms with Gasteiger partial charge in [-0.1, -0.05) is 18.5 Å². The van der Waals surface area contributed by atoms with Crippen LogP contribution in [0.1, 0.15) is 19.8 Å². The summed E-state index contributed by atoms with van der Waals surface area (Å²) in [6.07, 6.45) is 2.68. The topological polar surface area (TPSA) is 79.3 Å². The van der Waals surface area contributed by atoms with Gasteiger partial charge in [0, 0.05) is 19.3 Å². The standard InChI is InChI=1S/C11H17ClN2O3S/c1-9(8-15)3-2-6-14-18(16,17)10-4-5-11(12)13-7-10/h4-5,7,9,14-15H,2-3,6,8H2,1H3. The third kappa shape index (κ3) is 4.89. The monoisotopic (exact) mass is 292 g/mol. The fourth-order valence-corrected chi connectivity index (χ4v) is 2.48. The minimum atomic E-state index is -3.52. The van der Waals surface area contributed by atoms with Crippen molar-refractivity contribution in [1.29, 1.82) is 0 Å². The third-order valence-corrected chi connectivity index (χ3v) is 4.16. The summed E-state index contributed by atoms with van der Waals surface area (Å²) < 4.78 is 26.1. The van der Waals surface area contributed by atoms with Gasteiger partial charge in [-0.3, -0.25) is 0 Å². The van der Waals surface area contributed by atoms with Gasteiger partial charge in [-0.15, -0.1) is 0 Å². The van der Waals surface area contributed by atoms with E-state index in [9.17, 15) is 8.42 Å². The number of halogens is 1. The van der Waals surface area contributed by atoms with Crippen LogP contribution in [0.3, 0.4) is 0 Å². The maximum absolute atomic E-state index is 11.8. The molecule has 1 aromatic heterocycles. The largest absolute Gasteiger partial charge is 0.396 e. The van der Waals surface area contributed by atoms with Gasteiger partial charge < -0.3 is 5.11 Å². The predicted octanol–water partition coefficient (Wildman–Crippen LogP) is 1.42. The van der Waals surface area contributed by atoms with Crippen molar-refractivity contribution in [2.75, 3.05) is 13.2 Å².